The SMILES string of the molecule is Cc1ccc(COc2c(I)cc(/C=N\NC(N)=S)cc2I)cc1. The summed E-state index contributed by atoms with van der Waals surface area (Å²) in [4.78, 5) is 0. The van der Waals surface area contributed by atoms with Gasteiger partial charge in [0.1, 0.15) is 12.4 Å². The first-order valence-corrected chi connectivity index (χ1v) is 9.28. The van der Waals surface area contributed by atoms with E-state index in [4.69, 9.17) is 22.7 Å². The molecular weight excluding hydrogens is 536 g/mol. The minimum absolute atomic E-state index is 0.142. The van der Waals surface area contributed by atoms with Crippen LogP contribution in [0.3, 0.4) is 0 Å². The average molecular weight is 551 g/mol. The van der Waals surface area contributed by atoms with Gasteiger partial charge in [0.25, 0.3) is 0 Å². The van der Waals surface area contributed by atoms with Gasteiger partial charge in [0.05, 0.1) is 13.4 Å². The van der Waals surface area contributed by atoms with Crippen molar-refractivity contribution in [3.8, 4) is 5.75 Å². The van der Waals surface area contributed by atoms with Gasteiger partial charge in [0.15, 0.2) is 5.11 Å². The van der Waals surface area contributed by atoms with Gasteiger partial charge in [0.2, 0.25) is 0 Å². The second kappa shape index (κ2) is 8.78. The number of halogens is 2. The highest BCUT2D eigenvalue weighted by molar-refractivity contribution is 14.1. The van der Waals surface area contributed by atoms with E-state index >= 15 is 0 Å². The summed E-state index contributed by atoms with van der Waals surface area (Å²) in [5, 5.41) is 4.11. The van der Waals surface area contributed by atoms with Crippen LogP contribution in [-0.2, 0) is 6.61 Å². The van der Waals surface area contributed by atoms with Crippen molar-refractivity contribution in [3.63, 3.8) is 0 Å². The Morgan fingerprint density at radius 2 is 1.87 bits per heavy atom. The standard InChI is InChI=1S/C16H15I2N3OS/c1-10-2-4-11(5-3-10)9-22-15-13(17)6-12(7-14(15)18)8-20-21-16(19)23/h2-8H,9H2,1H3,(H3,19,21,23)/b20-8-. The van der Waals surface area contributed by atoms with Crippen LogP contribution in [0.15, 0.2) is 41.5 Å². The molecule has 120 valence electrons. The largest absolute Gasteiger partial charge is 0.487 e. The van der Waals surface area contributed by atoms with Gasteiger partial charge < -0.3 is 10.5 Å². The van der Waals surface area contributed by atoms with Crippen molar-refractivity contribution in [2.45, 2.75) is 13.5 Å². The molecule has 0 amide bonds. The summed E-state index contributed by atoms with van der Waals surface area (Å²) in [6.45, 7) is 2.62. The zero-order valence-electron chi connectivity index (χ0n) is 12.3. The van der Waals surface area contributed by atoms with Crippen molar-refractivity contribution in [2.24, 2.45) is 10.8 Å². The molecule has 2 aromatic rings. The Morgan fingerprint density at radius 1 is 1.26 bits per heavy atom. The minimum Gasteiger partial charge on any atom is -0.487 e. The summed E-state index contributed by atoms with van der Waals surface area (Å²) >= 11 is 9.23. The molecule has 0 heterocycles. The summed E-state index contributed by atoms with van der Waals surface area (Å²) in [5.41, 5.74) is 11.2. The lowest BCUT2D eigenvalue weighted by Crippen LogP contribution is -2.24. The van der Waals surface area contributed by atoms with Gasteiger partial charge in [-0.25, -0.2) is 0 Å². The van der Waals surface area contributed by atoms with E-state index in [-0.39, 0.29) is 5.11 Å². The average Bonchev–Trinajstić information content (AvgIpc) is 2.48. The van der Waals surface area contributed by atoms with Gasteiger partial charge in [-0.15, -0.1) is 0 Å². The van der Waals surface area contributed by atoms with Crippen molar-refractivity contribution in [2.75, 3.05) is 0 Å². The number of ether oxygens (including phenoxy) is 1. The van der Waals surface area contributed by atoms with Crippen molar-refractivity contribution in [1.29, 1.82) is 0 Å². The number of hydrogen-bond acceptors (Lipinski definition) is 3. The first-order chi connectivity index (χ1) is 11.0. The molecule has 23 heavy (non-hydrogen) atoms. The van der Waals surface area contributed by atoms with Crippen LogP contribution < -0.4 is 15.9 Å². The third-order valence-electron chi connectivity index (χ3n) is 2.91. The van der Waals surface area contributed by atoms with Crippen molar-refractivity contribution < 1.29 is 4.74 Å². The zero-order valence-corrected chi connectivity index (χ0v) is 17.5. The summed E-state index contributed by atoms with van der Waals surface area (Å²) in [6, 6.07) is 12.3. The number of aryl methyl sites for hydroxylation is 1. The Kier molecular flexibility index (Phi) is 7.03. The van der Waals surface area contributed by atoms with Gasteiger partial charge in [0, 0.05) is 0 Å². The van der Waals surface area contributed by atoms with E-state index in [1.54, 1.807) is 6.21 Å². The number of nitrogens with zero attached hydrogens (tertiary/aromatic N) is 1. The first kappa shape index (κ1) is 18.4. The fourth-order valence-corrected chi connectivity index (χ4v) is 3.98. The lowest BCUT2D eigenvalue weighted by molar-refractivity contribution is 0.301. The molecule has 0 saturated heterocycles. The number of nitrogens with two attached hydrogens (primary N) is 1. The molecule has 7 heteroatoms. The predicted octanol–water partition coefficient (Wildman–Crippen LogP) is 3.95. The molecular formula is C16H15I2N3OS. The Bertz CT molecular complexity index is 710. The van der Waals surface area contributed by atoms with Crippen LogP contribution in [0.25, 0.3) is 0 Å². The summed E-state index contributed by atoms with van der Waals surface area (Å²) in [7, 11) is 0. The van der Waals surface area contributed by atoms with E-state index in [9.17, 15) is 0 Å². The third-order valence-corrected chi connectivity index (χ3v) is 4.61. The van der Waals surface area contributed by atoms with Crippen LogP contribution in [0, 0.1) is 14.1 Å². The molecule has 3 N–H and O–H groups in total. The number of benzene rings is 2. The van der Waals surface area contributed by atoms with Crippen molar-refractivity contribution in [3.05, 3.63) is 60.2 Å². The number of hydrazone groups is 1. The Morgan fingerprint density at radius 3 is 2.43 bits per heavy atom. The van der Waals surface area contributed by atoms with E-state index < -0.39 is 0 Å². The molecule has 0 saturated carbocycles. The number of rotatable bonds is 5. The van der Waals surface area contributed by atoms with Crippen LogP contribution in [0.4, 0.5) is 0 Å². The van der Waals surface area contributed by atoms with Gasteiger partial charge in [-0.2, -0.15) is 5.10 Å². The summed E-state index contributed by atoms with van der Waals surface area (Å²) in [6.07, 6.45) is 1.67. The number of thiocarbonyl (C=S) groups is 1. The maximum atomic E-state index is 5.98. The van der Waals surface area contributed by atoms with Crippen LogP contribution in [-0.4, -0.2) is 11.3 Å². The Hall–Kier alpha value is -0.940. The molecule has 0 aromatic heterocycles. The lowest BCUT2D eigenvalue weighted by atomic mass is 10.2. The smallest absolute Gasteiger partial charge is 0.184 e. The van der Waals surface area contributed by atoms with Gasteiger partial charge in [-0.05, 0) is 87.6 Å². The Labute approximate surface area is 168 Å². The molecule has 2 aromatic carbocycles. The molecule has 2 rings (SSSR count). The summed E-state index contributed by atoms with van der Waals surface area (Å²) < 4.78 is 8.03. The van der Waals surface area contributed by atoms with Gasteiger partial charge >= 0.3 is 0 Å². The molecule has 0 spiro atoms. The van der Waals surface area contributed by atoms with E-state index in [0.29, 0.717) is 6.61 Å². The van der Waals surface area contributed by atoms with E-state index in [2.05, 4.69) is 86.9 Å². The monoisotopic (exact) mass is 551 g/mol. The fourth-order valence-electron chi connectivity index (χ4n) is 1.80. The fraction of sp³-hybridized carbons (Fsp3) is 0.125. The first-order valence-electron chi connectivity index (χ1n) is 6.71. The highest BCUT2D eigenvalue weighted by Gasteiger charge is 2.08. The molecule has 0 atom stereocenters. The van der Waals surface area contributed by atoms with E-state index in [1.165, 1.54) is 5.56 Å². The highest BCUT2D eigenvalue weighted by Crippen LogP contribution is 2.29. The molecule has 0 unspecified atom stereocenters. The van der Waals surface area contributed by atoms with Crippen LogP contribution >= 0.6 is 57.4 Å². The van der Waals surface area contributed by atoms with Gasteiger partial charge in [-0.1, -0.05) is 29.8 Å². The number of nitrogens with one attached hydrogen (secondary N) is 1. The molecule has 0 aliphatic carbocycles. The minimum atomic E-state index is 0.142. The zero-order chi connectivity index (χ0) is 16.8. The number of hydrogen-bond donors (Lipinski definition) is 2. The summed E-state index contributed by atoms with van der Waals surface area (Å²) in [5.74, 6) is 0.881. The van der Waals surface area contributed by atoms with Crippen LogP contribution in [0.5, 0.6) is 5.75 Å². The third kappa shape index (κ3) is 5.88. The van der Waals surface area contributed by atoms with Crippen LogP contribution in [0.1, 0.15) is 16.7 Å². The predicted molar refractivity (Wildman–Crippen MR) is 115 cm³/mol. The lowest BCUT2D eigenvalue weighted by Gasteiger charge is -2.11. The second-order valence-corrected chi connectivity index (χ2v) is 7.59. The normalized spacial score (nSPS) is 10.7. The highest BCUT2D eigenvalue weighted by atomic mass is 127. The molecule has 0 aliphatic heterocycles. The van der Waals surface area contributed by atoms with Gasteiger partial charge in [-0.3, -0.25) is 5.43 Å². The quantitative estimate of drug-likeness (QED) is 0.256. The Balaban J connectivity index is 2.09. The van der Waals surface area contributed by atoms with E-state index in [1.807, 2.05) is 12.1 Å². The second-order valence-electron chi connectivity index (χ2n) is 4.82. The molecule has 0 radical (unpaired) electrons. The van der Waals surface area contributed by atoms with E-state index in [0.717, 1.165) is 24.0 Å². The topological polar surface area (TPSA) is 59.6 Å². The van der Waals surface area contributed by atoms with Crippen molar-refractivity contribution in [1.82, 2.24) is 5.43 Å². The molecule has 0 fully saturated rings. The maximum Gasteiger partial charge on any atom is 0.184 e. The molecule has 0 aliphatic rings. The molecule has 4 nitrogen and oxygen atoms in total. The molecule has 0 bridgehead atoms. The van der Waals surface area contributed by atoms with Crippen molar-refractivity contribution >= 4 is 68.7 Å². The maximum absolute atomic E-state index is 5.98. The van der Waals surface area contributed by atoms with Crippen LogP contribution in [0.2, 0.25) is 0 Å².